The number of piperidine rings is 1. The summed E-state index contributed by atoms with van der Waals surface area (Å²) in [6.07, 6.45) is 1.65. The molecule has 0 atom stereocenters. The number of amides is 1. The van der Waals surface area contributed by atoms with Gasteiger partial charge in [0, 0.05) is 37.0 Å². The number of rotatable bonds is 5. The van der Waals surface area contributed by atoms with Crippen LogP contribution in [0.2, 0.25) is 0 Å². The van der Waals surface area contributed by atoms with Crippen LogP contribution in [0.3, 0.4) is 0 Å². The Bertz CT molecular complexity index is 1160. The minimum Gasteiger partial charge on any atom is -0.481 e. The smallest absolute Gasteiger partial charge is 0.262 e. The van der Waals surface area contributed by atoms with Gasteiger partial charge in [-0.2, -0.15) is 0 Å². The summed E-state index contributed by atoms with van der Waals surface area (Å²) >= 11 is 0. The van der Waals surface area contributed by atoms with Crippen molar-refractivity contribution in [2.45, 2.75) is 32.5 Å². The molecule has 1 aromatic heterocycles. The second kappa shape index (κ2) is 9.00. The SMILES string of the molecule is Cc1ccc(C)c(NC(=O)COc2cccc3ccc(N4CCC5(CC4)OCCO5)nc23)c1. The van der Waals surface area contributed by atoms with E-state index < -0.39 is 5.79 Å². The van der Waals surface area contributed by atoms with Gasteiger partial charge in [-0.3, -0.25) is 4.79 Å². The number of ether oxygens (including phenoxy) is 3. The lowest BCUT2D eigenvalue weighted by molar-refractivity contribution is -0.169. The van der Waals surface area contributed by atoms with E-state index >= 15 is 0 Å². The first-order valence-corrected chi connectivity index (χ1v) is 11.4. The Morgan fingerprint density at radius 1 is 1.09 bits per heavy atom. The summed E-state index contributed by atoms with van der Waals surface area (Å²) in [5.74, 6) is 0.882. The van der Waals surface area contributed by atoms with E-state index in [2.05, 4.69) is 10.2 Å². The maximum atomic E-state index is 12.5. The van der Waals surface area contributed by atoms with Crippen molar-refractivity contribution < 1.29 is 19.0 Å². The molecule has 2 saturated heterocycles. The number of fused-ring (bicyclic) bond motifs is 1. The molecule has 0 unspecified atom stereocenters. The summed E-state index contributed by atoms with van der Waals surface area (Å²) in [4.78, 5) is 19.7. The molecule has 0 saturated carbocycles. The summed E-state index contributed by atoms with van der Waals surface area (Å²) in [5.41, 5.74) is 3.67. The second-order valence-corrected chi connectivity index (χ2v) is 8.75. The zero-order chi connectivity index (χ0) is 22.8. The summed E-state index contributed by atoms with van der Waals surface area (Å²) < 4.78 is 17.6. The van der Waals surface area contributed by atoms with Gasteiger partial charge in [0.05, 0.1) is 13.2 Å². The van der Waals surface area contributed by atoms with Gasteiger partial charge in [-0.25, -0.2) is 4.98 Å². The van der Waals surface area contributed by atoms with Gasteiger partial charge in [0.15, 0.2) is 12.4 Å². The van der Waals surface area contributed by atoms with Gasteiger partial charge in [0.2, 0.25) is 0 Å². The molecule has 2 aliphatic rings. The maximum absolute atomic E-state index is 12.5. The predicted molar refractivity (Wildman–Crippen MR) is 128 cm³/mol. The molecule has 7 heteroatoms. The van der Waals surface area contributed by atoms with Gasteiger partial charge in [0.1, 0.15) is 17.1 Å². The number of para-hydroxylation sites is 1. The van der Waals surface area contributed by atoms with Gasteiger partial charge in [0.25, 0.3) is 5.91 Å². The van der Waals surface area contributed by atoms with E-state index in [4.69, 9.17) is 19.2 Å². The monoisotopic (exact) mass is 447 g/mol. The van der Waals surface area contributed by atoms with Crippen LogP contribution >= 0.6 is 0 Å². The number of nitrogens with one attached hydrogen (secondary N) is 1. The van der Waals surface area contributed by atoms with Crippen molar-refractivity contribution in [2.24, 2.45) is 0 Å². The molecule has 2 aliphatic heterocycles. The summed E-state index contributed by atoms with van der Waals surface area (Å²) in [7, 11) is 0. The summed E-state index contributed by atoms with van der Waals surface area (Å²) in [6, 6.07) is 15.8. The molecule has 0 radical (unpaired) electrons. The molecular weight excluding hydrogens is 418 g/mol. The van der Waals surface area contributed by atoms with Crippen molar-refractivity contribution in [3.8, 4) is 5.75 Å². The number of carbonyl (C=O) groups is 1. The first-order chi connectivity index (χ1) is 16.0. The molecule has 7 nitrogen and oxygen atoms in total. The Morgan fingerprint density at radius 2 is 1.88 bits per heavy atom. The minimum atomic E-state index is -0.412. The zero-order valence-corrected chi connectivity index (χ0v) is 19.1. The van der Waals surface area contributed by atoms with E-state index in [1.54, 1.807) is 0 Å². The van der Waals surface area contributed by atoms with Crippen molar-refractivity contribution >= 4 is 28.3 Å². The first-order valence-electron chi connectivity index (χ1n) is 11.4. The van der Waals surface area contributed by atoms with E-state index in [-0.39, 0.29) is 12.5 Å². The lowest BCUT2D eigenvalue weighted by Gasteiger charge is -2.38. The van der Waals surface area contributed by atoms with E-state index in [0.29, 0.717) is 19.0 Å². The number of benzene rings is 2. The van der Waals surface area contributed by atoms with Crippen LogP contribution in [0.1, 0.15) is 24.0 Å². The van der Waals surface area contributed by atoms with Crippen molar-refractivity contribution in [3.63, 3.8) is 0 Å². The topological polar surface area (TPSA) is 72.9 Å². The average Bonchev–Trinajstić information content (AvgIpc) is 3.28. The Kier molecular flexibility index (Phi) is 5.91. The Labute approximate surface area is 193 Å². The Morgan fingerprint density at radius 3 is 2.67 bits per heavy atom. The Hall–Kier alpha value is -3.16. The fourth-order valence-corrected chi connectivity index (χ4v) is 4.46. The van der Waals surface area contributed by atoms with Crippen molar-refractivity contribution in [3.05, 3.63) is 59.7 Å². The molecule has 1 spiro atoms. The third kappa shape index (κ3) is 4.65. The molecule has 0 aliphatic carbocycles. The lowest BCUT2D eigenvalue weighted by atomic mass is 10.0. The van der Waals surface area contributed by atoms with Crippen LogP contribution in [0, 0.1) is 13.8 Å². The number of anilines is 2. The molecule has 2 aromatic carbocycles. The van der Waals surface area contributed by atoms with Crippen molar-refractivity contribution in [2.75, 3.05) is 43.1 Å². The molecule has 5 rings (SSSR count). The quantitative estimate of drug-likeness (QED) is 0.632. The summed E-state index contributed by atoms with van der Waals surface area (Å²) in [5, 5.41) is 3.91. The molecule has 33 heavy (non-hydrogen) atoms. The van der Waals surface area contributed by atoms with Gasteiger partial charge in [-0.15, -0.1) is 0 Å². The fraction of sp³-hybridized carbons (Fsp3) is 0.385. The molecule has 0 bridgehead atoms. The standard InChI is InChI=1S/C26H29N3O4/c1-18-6-7-19(2)21(16-18)27-24(30)17-31-22-5-3-4-20-8-9-23(28-25(20)22)29-12-10-26(11-13-29)32-14-15-33-26/h3-9,16H,10-15,17H2,1-2H3,(H,27,30). The van der Waals surface area contributed by atoms with Crippen LogP contribution in [0.5, 0.6) is 5.75 Å². The highest BCUT2D eigenvalue weighted by atomic mass is 16.7. The maximum Gasteiger partial charge on any atom is 0.262 e. The molecule has 1 N–H and O–H groups in total. The molecule has 1 amide bonds. The van der Waals surface area contributed by atoms with Gasteiger partial charge in [-0.1, -0.05) is 24.3 Å². The van der Waals surface area contributed by atoms with Crippen LogP contribution in [-0.4, -0.2) is 49.6 Å². The van der Waals surface area contributed by atoms with Gasteiger partial charge >= 0.3 is 0 Å². The molecule has 2 fully saturated rings. The van der Waals surface area contributed by atoms with E-state index in [9.17, 15) is 4.79 Å². The largest absolute Gasteiger partial charge is 0.481 e. The van der Waals surface area contributed by atoms with Crippen LogP contribution in [0.4, 0.5) is 11.5 Å². The van der Waals surface area contributed by atoms with Gasteiger partial charge in [-0.05, 0) is 49.2 Å². The van der Waals surface area contributed by atoms with Crippen LogP contribution < -0.4 is 15.0 Å². The highest BCUT2D eigenvalue weighted by Crippen LogP contribution is 2.34. The number of aromatic nitrogens is 1. The molecule has 3 heterocycles. The number of nitrogens with zero attached hydrogens (tertiary/aromatic N) is 2. The second-order valence-electron chi connectivity index (χ2n) is 8.75. The Balaban J connectivity index is 1.28. The van der Waals surface area contributed by atoms with Crippen LogP contribution in [0.25, 0.3) is 10.9 Å². The predicted octanol–water partition coefficient (Wildman–Crippen LogP) is 4.21. The normalized spacial score (nSPS) is 17.5. The first kappa shape index (κ1) is 21.7. The van der Waals surface area contributed by atoms with Crippen LogP contribution in [-0.2, 0) is 14.3 Å². The van der Waals surface area contributed by atoms with E-state index in [1.165, 1.54) is 0 Å². The zero-order valence-electron chi connectivity index (χ0n) is 19.1. The van der Waals surface area contributed by atoms with E-state index in [1.807, 2.05) is 62.4 Å². The number of carbonyl (C=O) groups excluding carboxylic acids is 1. The number of pyridine rings is 1. The van der Waals surface area contributed by atoms with Gasteiger partial charge < -0.3 is 24.4 Å². The van der Waals surface area contributed by atoms with Crippen LogP contribution in [0.15, 0.2) is 48.5 Å². The highest BCUT2D eigenvalue weighted by molar-refractivity contribution is 5.93. The molecular formula is C26H29N3O4. The lowest BCUT2D eigenvalue weighted by Crippen LogP contribution is -2.45. The number of aryl methyl sites for hydroxylation is 2. The third-order valence-corrected chi connectivity index (χ3v) is 6.36. The number of hydrogen-bond donors (Lipinski definition) is 1. The molecule has 3 aromatic rings. The average molecular weight is 448 g/mol. The molecule has 172 valence electrons. The third-order valence-electron chi connectivity index (χ3n) is 6.36. The van der Waals surface area contributed by atoms with Crippen molar-refractivity contribution in [1.29, 1.82) is 0 Å². The fourth-order valence-electron chi connectivity index (χ4n) is 4.46. The summed E-state index contributed by atoms with van der Waals surface area (Å²) in [6.45, 7) is 6.87. The van der Waals surface area contributed by atoms with E-state index in [0.717, 1.165) is 59.5 Å². The van der Waals surface area contributed by atoms with Crippen molar-refractivity contribution in [1.82, 2.24) is 4.98 Å². The number of hydrogen-bond acceptors (Lipinski definition) is 6. The minimum absolute atomic E-state index is 0.0840. The highest BCUT2D eigenvalue weighted by Gasteiger charge is 2.40.